The summed E-state index contributed by atoms with van der Waals surface area (Å²) < 4.78 is 20.5. The smallest absolute Gasteiger partial charge is 0.260 e. The van der Waals surface area contributed by atoms with E-state index in [0.717, 1.165) is 101 Å². The molecule has 3 heterocycles. The minimum Gasteiger partial charge on any atom is -0.458 e. The monoisotopic (exact) mass is 704 g/mol. The van der Waals surface area contributed by atoms with Crippen LogP contribution in [0.25, 0.3) is 44.2 Å². The minimum atomic E-state index is -0.108. The molecule has 9 aromatic rings. The fourth-order valence-corrected chi connectivity index (χ4v) is 8.25. The molecule has 55 heavy (non-hydrogen) atoms. The van der Waals surface area contributed by atoms with Crippen LogP contribution in [0.5, 0.6) is 23.0 Å². The van der Waals surface area contributed by atoms with Crippen LogP contribution in [-0.2, 0) is 0 Å². The quantitative estimate of drug-likeness (QED) is 0.167. The largest absolute Gasteiger partial charge is 0.458 e. The average Bonchev–Trinajstić information content (AvgIpc) is 3.63. The van der Waals surface area contributed by atoms with Gasteiger partial charge < -0.3 is 18.8 Å². The van der Waals surface area contributed by atoms with Gasteiger partial charge in [0, 0.05) is 34.1 Å². The van der Waals surface area contributed by atoms with Crippen molar-refractivity contribution in [3.8, 4) is 51.3 Å². The predicted molar refractivity (Wildman–Crippen MR) is 222 cm³/mol. The average molecular weight is 705 g/mol. The number of hydrogen-bond donors (Lipinski definition) is 0. The highest BCUT2D eigenvalue weighted by Gasteiger charge is 2.41. The van der Waals surface area contributed by atoms with E-state index in [1.54, 1.807) is 0 Å². The first kappa shape index (κ1) is 31.1. The third-order valence-corrected chi connectivity index (χ3v) is 10.8. The number of rotatable bonds is 5. The second-order valence-corrected chi connectivity index (χ2v) is 14.0. The van der Waals surface area contributed by atoms with Gasteiger partial charge in [0.2, 0.25) is 0 Å². The SMILES string of the molecule is N#Cc1ccc(N(c2cc3c4c(c2)Oc2cc(-c5ccccc5)ccc2B4c2ccc(-c4ccccc4)cc2O3)c2cccc3c2oc2ccccc23)cc1. The minimum absolute atomic E-state index is 0.108. The molecule has 0 fully saturated rings. The van der Waals surface area contributed by atoms with Gasteiger partial charge in [-0.05, 0) is 81.7 Å². The Morgan fingerprint density at radius 3 is 1.67 bits per heavy atom. The van der Waals surface area contributed by atoms with Gasteiger partial charge in [0.25, 0.3) is 6.71 Å². The first-order chi connectivity index (χ1) is 27.2. The first-order valence-electron chi connectivity index (χ1n) is 18.3. The molecule has 256 valence electrons. The van der Waals surface area contributed by atoms with Gasteiger partial charge in [-0.25, -0.2) is 0 Å². The third kappa shape index (κ3) is 5.02. The van der Waals surface area contributed by atoms with Crippen molar-refractivity contribution >= 4 is 62.1 Å². The maximum atomic E-state index is 9.69. The van der Waals surface area contributed by atoms with Gasteiger partial charge in [-0.15, -0.1) is 0 Å². The summed E-state index contributed by atoms with van der Waals surface area (Å²) in [6.45, 7) is -0.108. The molecule has 11 rings (SSSR count). The highest BCUT2D eigenvalue weighted by atomic mass is 16.5. The summed E-state index contributed by atoms with van der Waals surface area (Å²) in [7, 11) is 0. The highest BCUT2D eigenvalue weighted by Crippen LogP contribution is 2.46. The Bertz CT molecular complexity index is 2890. The molecule has 0 bridgehead atoms. The maximum Gasteiger partial charge on any atom is 0.260 e. The molecule has 0 spiro atoms. The number of ether oxygens (including phenoxy) is 2. The van der Waals surface area contributed by atoms with Crippen molar-refractivity contribution in [1.29, 1.82) is 5.26 Å². The molecule has 0 atom stereocenters. The number of para-hydroxylation sites is 2. The van der Waals surface area contributed by atoms with Gasteiger partial charge in [-0.3, -0.25) is 0 Å². The molecule has 0 amide bonds. The van der Waals surface area contributed by atoms with Crippen molar-refractivity contribution in [3.05, 3.63) is 181 Å². The zero-order chi connectivity index (χ0) is 36.5. The molecule has 0 saturated carbocycles. The van der Waals surface area contributed by atoms with Crippen molar-refractivity contribution in [2.24, 2.45) is 0 Å². The second-order valence-electron chi connectivity index (χ2n) is 14.0. The summed E-state index contributed by atoms with van der Waals surface area (Å²) >= 11 is 0. The van der Waals surface area contributed by atoms with Crippen LogP contribution in [0.15, 0.2) is 180 Å². The molecule has 2 aliphatic heterocycles. The lowest BCUT2D eigenvalue weighted by Gasteiger charge is -2.35. The Hall–Kier alpha value is -7.49. The number of anilines is 3. The maximum absolute atomic E-state index is 9.69. The summed E-state index contributed by atoms with van der Waals surface area (Å²) in [6.07, 6.45) is 0. The van der Waals surface area contributed by atoms with Crippen LogP contribution in [-0.4, -0.2) is 6.71 Å². The predicted octanol–water partition coefficient (Wildman–Crippen LogP) is 11.0. The van der Waals surface area contributed by atoms with Crippen molar-refractivity contribution < 1.29 is 13.9 Å². The van der Waals surface area contributed by atoms with Gasteiger partial charge in [0.15, 0.2) is 5.58 Å². The summed E-state index contributed by atoms with van der Waals surface area (Å²) in [5.74, 6) is 3.07. The normalized spacial score (nSPS) is 12.2. The molecule has 2 aliphatic rings. The number of nitrogens with zero attached hydrogens (tertiary/aromatic N) is 2. The van der Waals surface area contributed by atoms with Gasteiger partial charge in [-0.2, -0.15) is 5.26 Å². The summed E-state index contributed by atoms with van der Waals surface area (Å²) in [5.41, 5.74) is 12.3. The van der Waals surface area contributed by atoms with Crippen LogP contribution in [0.2, 0.25) is 0 Å². The van der Waals surface area contributed by atoms with Gasteiger partial charge in [-0.1, -0.05) is 115 Å². The molecular weight excluding hydrogens is 675 g/mol. The van der Waals surface area contributed by atoms with Gasteiger partial charge >= 0.3 is 0 Å². The van der Waals surface area contributed by atoms with E-state index in [1.165, 1.54) is 0 Å². The van der Waals surface area contributed by atoms with E-state index in [2.05, 4.69) is 132 Å². The number of furan rings is 1. The molecule has 0 radical (unpaired) electrons. The lowest BCUT2D eigenvalue weighted by atomic mass is 9.34. The molecule has 5 nitrogen and oxygen atoms in total. The standard InChI is InChI=1S/C49H29BN2O3/c51-30-31-18-22-36(23-19-31)52(42-16-9-15-39-38-14-7-8-17-43(38)55-49(39)42)37-28-46-48-47(29-37)54-45-27-35(33-12-5-2-6-13-33)21-25-41(45)50(48)40-24-20-34(26-44(40)53-46)32-10-3-1-4-11-32/h1-29H. The second kappa shape index (κ2) is 12.3. The van der Waals surface area contributed by atoms with Crippen LogP contribution in [0.1, 0.15) is 5.56 Å². The van der Waals surface area contributed by atoms with Crippen LogP contribution < -0.4 is 30.8 Å². The Balaban J connectivity index is 1.14. The highest BCUT2D eigenvalue weighted by molar-refractivity contribution is 6.98. The van der Waals surface area contributed by atoms with Gasteiger partial charge in [0.1, 0.15) is 28.6 Å². The molecular formula is C49H29BN2O3. The summed E-state index contributed by atoms with van der Waals surface area (Å²) in [4.78, 5) is 2.16. The summed E-state index contributed by atoms with van der Waals surface area (Å²) in [5, 5.41) is 11.8. The van der Waals surface area contributed by atoms with Gasteiger partial charge in [0.05, 0.1) is 23.0 Å². The lowest BCUT2D eigenvalue weighted by Crippen LogP contribution is -2.57. The molecule has 0 unspecified atom stereocenters. The Kier molecular flexibility index (Phi) is 6.95. The molecule has 6 heteroatoms. The molecule has 0 saturated heterocycles. The molecule has 8 aromatic carbocycles. The van der Waals surface area contributed by atoms with Crippen LogP contribution in [0.4, 0.5) is 17.1 Å². The summed E-state index contributed by atoms with van der Waals surface area (Å²) in [6, 6.07) is 62.3. The van der Waals surface area contributed by atoms with E-state index in [1.807, 2.05) is 54.6 Å². The zero-order valence-electron chi connectivity index (χ0n) is 29.4. The first-order valence-corrected chi connectivity index (χ1v) is 18.3. The van der Waals surface area contributed by atoms with Crippen LogP contribution in [0.3, 0.4) is 0 Å². The molecule has 0 aliphatic carbocycles. The fraction of sp³-hybridized carbons (Fsp3) is 0. The van der Waals surface area contributed by atoms with E-state index in [9.17, 15) is 5.26 Å². The molecule has 1 aromatic heterocycles. The Labute approximate surface area is 317 Å². The van der Waals surface area contributed by atoms with Crippen molar-refractivity contribution in [1.82, 2.24) is 0 Å². The number of nitriles is 1. The fourth-order valence-electron chi connectivity index (χ4n) is 8.25. The van der Waals surface area contributed by atoms with E-state index in [4.69, 9.17) is 13.9 Å². The Morgan fingerprint density at radius 2 is 1.05 bits per heavy atom. The topological polar surface area (TPSA) is 58.6 Å². The third-order valence-electron chi connectivity index (χ3n) is 10.8. The molecule has 0 N–H and O–H groups in total. The Morgan fingerprint density at radius 1 is 0.473 bits per heavy atom. The van der Waals surface area contributed by atoms with E-state index in [0.29, 0.717) is 5.56 Å². The number of fused-ring (bicyclic) bond motifs is 7. The van der Waals surface area contributed by atoms with E-state index in [-0.39, 0.29) is 6.71 Å². The number of benzene rings is 8. The van der Waals surface area contributed by atoms with Crippen molar-refractivity contribution in [2.45, 2.75) is 0 Å². The van der Waals surface area contributed by atoms with E-state index < -0.39 is 0 Å². The van der Waals surface area contributed by atoms with Crippen LogP contribution in [0, 0.1) is 11.3 Å². The lowest BCUT2D eigenvalue weighted by molar-refractivity contribution is 0.465. The van der Waals surface area contributed by atoms with Crippen molar-refractivity contribution in [3.63, 3.8) is 0 Å². The van der Waals surface area contributed by atoms with E-state index >= 15 is 0 Å². The zero-order valence-corrected chi connectivity index (χ0v) is 29.4. The number of hydrogen-bond acceptors (Lipinski definition) is 5. The van der Waals surface area contributed by atoms with Crippen LogP contribution >= 0.6 is 0 Å². The van der Waals surface area contributed by atoms with Crippen molar-refractivity contribution in [2.75, 3.05) is 4.90 Å².